The molecule has 0 nitrogen and oxygen atoms in total. The standard InChI is InChI=1S/C13H15F11/c1-8(2,3)6(11(16,17)18)7(9(4,14)12(19,20)21)10(5,15)13(22,23)24/h1-5H3. The van der Waals surface area contributed by atoms with Gasteiger partial charge in [0.2, 0.25) is 11.3 Å². The molecular weight excluding hydrogens is 365 g/mol. The van der Waals surface area contributed by atoms with E-state index < -0.39 is 60.3 Å². The van der Waals surface area contributed by atoms with E-state index >= 15 is 0 Å². The number of allylic oxidation sites excluding steroid dienone is 2. The van der Waals surface area contributed by atoms with Crippen molar-refractivity contribution in [2.75, 3.05) is 0 Å². The molecular formula is C13H15F11. The molecule has 0 aliphatic heterocycles. The average molecular weight is 380 g/mol. The lowest BCUT2D eigenvalue weighted by Crippen LogP contribution is -2.54. The first-order chi connectivity index (χ1) is 9.99. The van der Waals surface area contributed by atoms with Crippen LogP contribution in [0.1, 0.15) is 34.6 Å². The first-order valence-electron chi connectivity index (χ1n) is 6.33. The Morgan fingerprint density at radius 2 is 0.708 bits per heavy atom. The minimum atomic E-state index is -6.21. The summed E-state index contributed by atoms with van der Waals surface area (Å²) in [4.78, 5) is 0. The summed E-state index contributed by atoms with van der Waals surface area (Å²) in [5, 5.41) is 0. The van der Waals surface area contributed by atoms with Crippen molar-refractivity contribution in [1.82, 2.24) is 0 Å². The minimum absolute atomic E-state index is 0.566. The molecule has 0 heterocycles. The second kappa shape index (κ2) is 5.76. The van der Waals surface area contributed by atoms with Crippen molar-refractivity contribution in [3.63, 3.8) is 0 Å². The van der Waals surface area contributed by atoms with Gasteiger partial charge in [0.05, 0.1) is 0 Å². The van der Waals surface area contributed by atoms with Crippen LogP contribution in [0.2, 0.25) is 0 Å². The van der Waals surface area contributed by atoms with E-state index in [9.17, 15) is 48.3 Å². The van der Waals surface area contributed by atoms with Crippen LogP contribution in [0, 0.1) is 5.41 Å². The molecule has 0 rings (SSSR count). The predicted molar refractivity (Wildman–Crippen MR) is 63.7 cm³/mol. The van der Waals surface area contributed by atoms with Crippen molar-refractivity contribution in [2.24, 2.45) is 5.41 Å². The molecule has 0 saturated heterocycles. The molecule has 0 spiro atoms. The highest BCUT2D eigenvalue weighted by molar-refractivity contribution is 5.40. The zero-order chi connectivity index (χ0) is 20.2. The summed E-state index contributed by atoms with van der Waals surface area (Å²) in [5.74, 6) is 0. The van der Waals surface area contributed by atoms with Gasteiger partial charge < -0.3 is 0 Å². The highest BCUT2D eigenvalue weighted by Gasteiger charge is 2.69. The summed E-state index contributed by atoms with van der Waals surface area (Å²) in [5.41, 5.74) is -18.5. The summed E-state index contributed by atoms with van der Waals surface area (Å²) in [6.07, 6.45) is -18.2. The van der Waals surface area contributed by atoms with Gasteiger partial charge >= 0.3 is 18.5 Å². The lowest BCUT2D eigenvalue weighted by molar-refractivity contribution is -0.246. The average Bonchev–Trinajstić information content (AvgIpc) is 2.17. The van der Waals surface area contributed by atoms with Gasteiger partial charge in [0, 0.05) is 11.1 Å². The Morgan fingerprint density at radius 3 is 0.833 bits per heavy atom. The molecule has 0 radical (unpaired) electrons. The second-order valence-electron chi connectivity index (χ2n) is 6.50. The van der Waals surface area contributed by atoms with Gasteiger partial charge in [-0.25, -0.2) is 8.78 Å². The fraction of sp³-hybridized carbons (Fsp3) is 0.846. The van der Waals surface area contributed by atoms with E-state index in [0.29, 0.717) is 20.8 Å². The highest BCUT2D eigenvalue weighted by Crippen LogP contribution is 2.56. The van der Waals surface area contributed by atoms with Crippen LogP contribution in [0.15, 0.2) is 11.1 Å². The minimum Gasteiger partial charge on any atom is -0.229 e. The third-order valence-electron chi connectivity index (χ3n) is 3.29. The summed E-state index contributed by atoms with van der Waals surface area (Å²) < 4.78 is 145. The first kappa shape index (κ1) is 23.0. The third-order valence-corrected chi connectivity index (χ3v) is 3.29. The third kappa shape index (κ3) is 4.14. The van der Waals surface area contributed by atoms with E-state index in [1.165, 1.54) is 0 Å². The van der Waals surface area contributed by atoms with E-state index in [-0.39, 0.29) is 0 Å². The largest absolute Gasteiger partial charge is 0.426 e. The van der Waals surface area contributed by atoms with Crippen molar-refractivity contribution in [3.8, 4) is 0 Å². The molecule has 0 N–H and O–H groups in total. The molecule has 0 saturated carbocycles. The maximum Gasteiger partial charge on any atom is 0.426 e. The van der Waals surface area contributed by atoms with Crippen LogP contribution in [0.25, 0.3) is 0 Å². The van der Waals surface area contributed by atoms with Crippen LogP contribution < -0.4 is 0 Å². The molecule has 0 aromatic carbocycles. The van der Waals surface area contributed by atoms with Gasteiger partial charge in [-0.3, -0.25) is 0 Å². The summed E-state index contributed by atoms with van der Waals surface area (Å²) in [6, 6.07) is 0. The number of hydrogen-bond donors (Lipinski definition) is 0. The van der Waals surface area contributed by atoms with E-state index in [1.807, 2.05) is 0 Å². The van der Waals surface area contributed by atoms with Crippen LogP contribution in [-0.4, -0.2) is 29.9 Å². The topological polar surface area (TPSA) is 0 Å². The van der Waals surface area contributed by atoms with Gasteiger partial charge in [-0.15, -0.1) is 0 Å². The summed E-state index contributed by atoms with van der Waals surface area (Å²) in [7, 11) is 0. The maximum absolute atomic E-state index is 14.2. The number of rotatable bonds is 2. The van der Waals surface area contributed by atoms with Gasteiger partial charge in [-0.05, 0) is 19.3 Å². The Balaban J connectivity index is 7.33. The Morgan fingerprint density at radius 1 is 0.458 bits per heavy atom. The molecule has 2 atom stereocenters. The molecule has 0 amide bonds. The highest BCUT2D eigenvalue weighted by atomic mass is 19.4. The zero-order valence-electron chi connectivity index (χ0n) is 13.2. The van der Waals surface area contributed by atoms with E-state index in [2.05, 4.69) is 0 Å². The van der Waals surface area contributed by atoms with Gasteiger partial charge in [-0.1, -0.05) is 20.8 Å². The molecule has 24 heavy (non-hydrogen) atoms. The number of hydrogen-bond acceptors (Lipinski definition) is 0. The van der Waals surface area contributed by atoms with Crippen molar-refractivity contribution in [3.05, 3.63) is 11.1 Å². The van der Waals surface area contributed by atoms with Crippen LogP contribution in [-0.2, 0) is 0 Å². The quantitative estimate of drug-likeness (QED) is 0.380. The van der Waals surface area contributed by atoms with Crippen LogP contribution >= 0.6 is 0 Å². The second-order valence-corrected chi connectivity index (χ2v) is 6.50. The van der Waals surface area contributed by atoms with Gasteiger partial charge in [0.1, 0.15) is 0 Å². The Bertz CT molecular complexity index is 448. The summed E-state index contributed by atoms with van der Waals surface area (Å²) >= 11 is 0. The van der Waals surface area contributed by atoms with Gasteiger partial charge in [0.25, 0.3) is 0 Å². The lowest BCUT2D eigenvalue weighted by Gasteiger charge is -2.40. The zero-order valence-corrected chi connectivity index (χ0v) is 13.2. The molecule has 0 fully saturated rings. The molecule has 0 bridgehead atoms. The van der Waals surface area contributed by atoms with Gasteiger partial charge in [0.15, 0.2) is 0 Å². The number of alkyl halides is 11. The predicted octanol–water partition coefficient (Wildman–Crippen LogP) is 6.47. The fourth-order valence-corrected chi connectivity index (χ4v) is 2.14. The SMILES string of the molecule is CC(C)(C)C(=C(C(C)(F)C(F)(F)F)C(C)(F)C(F)(F)F)C(F)(F)F. The van der Waals surface area contributed by atoms with Crippen LogP contribution in [0.3, 0.4) is 0 Å². The van der Waals surface area contributed by atoms with E-state index in [0.717, 1.165) is 0 Å². The first-order valence-corrected chi connectivity index (χ1v) is 6.33. The Labute approximate surface area is 130 Å². The maximum atomic E-state index is 14.2. The van der Waals surface area contributed by atoms with Crippen LogP contribution in [0.5, 0.6) is 0 Å². The van der Waals surface area contributed by atoms with Crippen molar-refractivity contribution >= 4 is 0 Å². The van der Waals surface area contributed by atoms with E-state index in [4.69, 9.17) is 0 Å². The summed E-state index contributed by atoms with van der Waals surface area (Å²) in [6.45, 7) is 0.685. The van der Waals surface area contributed by atoms with Crippen molar-refractivity contribution in [2.45, 2.75) is 64.5 Å². The molecule has 144 valence electrons. The Kier molecular flexibility index (Phi) is 5.51. The van der Waals surface area contributed by atoms with Crippen molar-refractivity contribution < 1.29 is 48.3 Å². The van der Waals surface area contributed by atoms with Crippen molar-refractivity contribution in [1.29, 1.82) is 0 Å². The smallest absolute Gasteiger partial charge is 0.229 e. The monoisotopic (exact) mass is 380 g/mol. The molecule has 0 aromatic heterocycles. The molecule has 2 unspecified atom stereocenters. The molecule has 0 aromatic rings. The normalized spacial score (nSPS) is 19.5. The Hall–Kier alpha value is -1.03. The fourth-order valence-electron chi connectivity index (χ4n) is 2.14. The van der Waals surface area contributed by atoms with E-state index in [1.54, 1.807) is 0 Å². The lowest BCUT2D eigenvalue weighted by atomic mass is 9.73. The van der Waals surface area contributed by atoms with Crippen LogP contribution in [0.4, 0.5) is 48.3 Å². The molecule has 0 aliphatic carbocycles. The molecule has 0 aliphatic rings. The number of halogens is 11. The molecule has 11 heteroatoms. The van der Waals surface area contributed by atoms with Gasteiger partial charge in [-0.2, -0.15) is 39.5 Å².